The highest BCUT2D eigenvalue weighted by atomic mass is 15.1. The minimum Gasteiger partial charge on any atom is -0.341 e. The second kappa shape index (κ2) is 13.4. The molecule has 4 nitrogen and oxygen atoms in total. The fourth-order valence-corrected chi connectivity index (χ4v) is 8.80. The van der Waals surface area contributed by atoms with Gasteiger partial charge >= 0.3 is 0 Å². The minimum atomic E-state index is 0.632. The molecule has 0 saturated carbocycles. The highest BCUT2D eigenvalue weighted by Crippen LogP contribution is 2.48. The monoisotopic (exact) mass is 704 g/mol. The molecular formula is C51H36N4. The lowest BCUT2D eigenvalue weighted by Gasteiger charge is -2.33. The third-order valence-electron chi connectivity index (χ3n) is 11.4. The summed E-state index contributed by atoms with van der Waals surface area (Å²) in [6.07, 6.45) is 10.7. The highest BCUT2D eigenvalue weighted by molar-refractivity contribution is 6.28. The number of anilines is 5. The standard InChI is InChI=1S/C51H36N4/c52-32-34-13-20-43(21-14-34)55(44-30-41(36-8-3-1-4-9-36)29-42(31-44)37-10-5-2-6-11-37)49-26-19-39-16-22-45-48(25-18-38-17-23-46(49)51(39)50(38)45)54-27-7-12-40-28-35(33-53)15-24-47(40)54/h1-5,8-10,13-26,28-31H,6-7,11-12,27H2. The SMILES string of the molecule is N#Cc1ccc(N(c2cc(C3=CC=CCC3)cc(-c3ccccc3)c2)c2ccc3ccc4c(N5CCCc6cc(C#N)ccc65)ccc5ccc2c3c54)cc1. The van der Waals surface area contributed by atoms with Crippen LogP contribution in [0.3, 0.4) is 0 Å². The summed E-state index contributed by atoms with van der Waals surface area (Å²) in [6, 6.07) is 54.5. The number of hydrogen-bond donors (Lipinski definition) is 0. The van der Waals surface area contributed by atoms with Crippen LogP contribution in [0, 0.1) is 22.7 Å². The Morgan fingerprint density at radius 1 is 0.564 bits per heavy atom. The molecule has 1 heterocycles. The Kier molecular flexibility index (Phi) is 7.90. The largest absolute Gasteiger partial charge is 0.341 e. The van der Waals surface area contributed by atoms with E-state index in [1.807, 2.05) is 18.2 Å². The number of nitriles is 2. The second-order valence-corrected chi connectivity index (χ2v) is 14.6. The zero-order valence-corrected chi connectivity index (χ0v) is 30.3. The summed E-state index contributed by atoms with van der Waals surface area (Å²) in [6.45, 7) is 0.924. The van der Waals surface area contributed by atoms with E-state index in [-0.39, 0.29) is 0 Å². The van der Waals surface area contributed by atoms with Gasteiger partial charge in [0, 0.05) is 40.1 Å². The van der Waals surface area contributed by atoms with Crippen LogP contribution >= 0.6 is 0 Å². The molecule has 0 N–H and O–H groups in total. The molecule has 0 atom stereocenters. The van der Waals surface area contributed by atoms with E-state index in [1.54, 1.807) is 0 Å². The van der Waals surface area contributed by atoms with Crippen LogP contribution in [0.2, 0.25) is 0 Å². The predicted molar refractivity (Wildman–Crippen MR) is 228 cm³/mol. The van der Waals surface area contributed by atoms with Crippen LogP contribution in [0.5, 0.6) is 0 Å². The first kappa shape index (κ1) is 32.5. The average molecular weight is 705 g/mol. The Morgan fingerprint density at radius 3 is 2.05 bits per heavy atom. The fraction of sp³-hybridized carbons (Fsp3) is 0.0980. The molecule has 0 saturated heterocycles. The molecule has 260 valence electrons. The molecule has 0 aromatic heterocycles. The molecule has 1 aliphatic carbocycles. The van der Waals surface area contributed by atoms with E-state index in [2.05, 4.69) is 161 Å². The molecule has 8 aromatic carbocycles. The Labute approximate surface area is 321 Å². The van der Waals surface area contributed by atoms with Gasteiger partial charge < -0.3 is 9.80 Å². The van der Waals surface area contributed by atoms with Crippen LogP contribution in [0.15, 0.2) is 158 Å². The van der Waals surface area contributed by atoms with Gasteiger partial charge in [0.05, 0.1) is 29.0 Å². The lowest BCUT2D eigenvalue weighted by Crippen LogP contribution is -2.24. The van der Waals surface area contributed by atoms with Gasteiger partial charge in [0.2, 0.25) is 0 Å². The average Bonchev–Trinajstić information content (AvgIpc) is 3.26. The molecule has 0 spiro atoms. The molecule has 10 rings (SSSR count). The summed E-state index contributed by atoms with van der Waals surface area (Å²) < 4.78 is 0. The van der Waals surface area contributed by atoms with Crippen LogP contribution in [-0.4, -0.2) is 6.54 Å². The first-order chi connectivity index (χ1) is 27.2. The van der Waals surface area contributed by atoms with Gasteiger partial charge in [-0.15, -0.1) is 0 Å². The molecule has 1 aliphatic heterocycles. The third-order valence-corrected chi connectivity index (χ3v) is 11.4. The van der Waals surface area contributed by atoms with E-state index in [9.17, 15) is 10.5 Å². The van der Waals surface area contributed by atoms with Gasteiger partial charge in [0.25, 0.3) is 0 Å². The van der Waals surface area contributed by atoms with Crippen molar-refractivity contribution >= 4 is 66.3 Å². The third kappa shape index (κ3) is 5.59. The Morgan fingerprint density at radius 2 is 1.27 bits per heavy atom. The normalized spacial score (nSPS) is 13.8. The van der Waals surface area contributed by atoms with E-state index < -0.39 is 0 Å². The van der Waals surface area contributed by atoms with E-state index in [1.165, 1.54) is 66.0 Å². The van der Waals surface area contributed by atoms with Gasteiger partial charge in [-0.1, -0.05) is 85.0 Å². The van der Waals surface area contributed by atoms with Gasteiger partial charge in [-0.25, -0.2) is 0 Å². The fourth-order valence-electron chi connectivity index (χ4n) is 8.80. The van der Waals surface area contributed by atoms with E-state index >= 15 is 0 Å². The van der Waals surface area contributed by atoms with Crippen LogP contribution in [0.1, 0.15) is 41.5 Å². The minimum absolute atomic E-state index is 0.632. The molecule has 0 amide bonds. The maximum absolute atomic E-state index is 9.75. The Hall–Kier alpha value is -7.14. The zero-order chi connectivity index (χ0) is 36.9. The van der Waals surface area contributed by atoms with Crippen molar-refractivity contribution in [3.8, 4) is 23.3 Å². The summed E-state index contributed by atoms with van der Waals surface area (Å²) in [5.41, 5.74) is 13.0. The van der Waals surface area contributed by atoms with Crippen molar-refractivity contribution in [2.24, 2.45) is 0 Å². The Bertz CT molecular complexity index is 2920. The molecule has 55 heavy (non-hydrogen) atoms. The number of hydrogen-bond acceptors (Lipinski definition) is 4. The van der Waals surface area contributed by atoms with Gasteiger partial charge in [-0.3, -0.25) is 0 Å². The van der Waals surface area contributed by atoms with Crippen molar-refractivity contribution in [2.75, 3.05) is 16.3 Å². The highest BCUT2D eigenvalue weighted by Gasteiger charge is 2.24. The lowest BCUT2D eigenvalue weighted by molar-refractivity contribution is 0.768. The van der Waals surface area contributed by atoms with Crippen molar-refractivity contribution < 1.29 is 0 Å². The first-order valence-electron chi connectivity index (χ1n) is 19.0. The number of nitrogens with zero attached hydrogens (tertiary/aromatic N) is 4. The molecule has 4 heteroatoms. The lowest BCUT2D eigenvalue weighted by atomic mass is 9.90. The molecule has 8 aromatic rings. The number of rotatable bonds is 6. The van der Waals surface area contributed by atoms with Gasteiger partial charge in [-0.05, 0) is 148 Å². The molecule has 0 fully saturated rings. The van der Waals surface area contributed by atoms with E-state index in [0.717, 1.165) is 54.9 Å². The van der Waals surface area contributed by atoms with Crippen molar-refractivity contribution in [1.82, 2.24) is 0 Å². The number of benzene rings is 8. The summed E-state index contributed by atoms with van der Waals surface area (Å²) in [4.78, 5) is 4.82. The van der Waals surface area contributed by atoms with Gasteiger partial charge in [0.1, 0.15) is 0 Å². The van der Waals surface area contributed by atoms with Crippen LogP contribution in [0.4, 0.5) is 28.4 Å². The predicted octanol–water partition coefficient (Wildman–Crippen LogP) is 13.3. The zero-order valence-electron chi connectivity index (χ0n) is 30.3. The van der Waals surface area contributed by atoms with Gasteiger partial charge in [-0.2, -0.15) is 10.5 Å². The van der Waals surface area contributed by atoms with Gasteiger partial charge in [0.15, 0.2) is 0 Å². The molecule has 0 unspecified atom stereocenters. The summed E-state index contributed by atoms with van der Waals surface area (Å²) in [7, 11) is 0. The number of aryl methyl sites for hydroxylation is 1. The molecular weight excluding hydrogens is 669 g/mol. The van der Waals surface area contributed by atoms with Crippen LogP contribution in [-0.2, 0) is 6.42 Å². The Balaban J connectivity index is 1.21. The number of allylic oxidation sites excluding steroid dienone is 4. The smallest absolute Gasteiger partial charge is 0.0991 e. The van der Waals surface area contributed by atoms with E-state index in [0.29, 0.717) is 11.1 Å². The first-order valence-corrected chi connectivity index (χ1v) is 19.0. The summed E-state index contributed by atoms with van der Waals surface area (Å²) >= 11 is 0. The molecule has 0 bridgehead atoms. The van der Waals surface area contributed by atoms with E-state index in [4.69, 9.17) is 0 Å². The second-order valence-electron chi connectivity index (χ2n) is 14.6. The van der Waals surface area contributed by atoms with Crippen molar-refractivity contribution in [3.63, 3.8) is 0 Å². The number of fused-ring (bicyclic) bond motifs is 1. The van der Waals surface area contributed by atoms with Crippen molar-refractivity contribution in [1.29, 1.82) is 10.5 Å². The van der Waals surface area contributed by atoms with Crippen molar-refractivity contribution in [2.45, 2.75) is 25.7 Å². The maximum atomic E-state index is 9.75. The van der Waals surface area contributed by atoms with Crippen LogP contribution in [0.25, 0.3) is 49.0 Å². The quantitative estimate of drug-likeness (QED) is 0.162. The molecule has 0 radical (unpaired) electrons. The maximum Gasteiger partial charge on any atom is 0.0991 e. The van der Waals surface area contributed by atoms with Crippen LogP contribution < -0.4 is 9.80 Å². The molecule has 2 aliphatic rings. The van der Waals surface area contributed by atoms with Crippen molar-refractivity contribution in [3.05, 3.63) is 180 Å². The summed E-state index contributed by atoms with van der Waals surface area (Å²) in [5.74, 6) is 0. The topological polar surface area (TPSA) is 54.1 Å². The summed E-state index contributed by atoms with van der Waals surface area (Å²) in [5, 5.41) is 26.6.